The van der Waals surface area contributed by atoms with Gasteiger partial charge in [0.05, 0.1) is 6.61 Å². The molecule has 9 heteroatoms. The minimum Gasteiger partial charge on any atom is -0.508 e. The highest BCUT2D eigenvalue weighted by molar-refractivity contribution is 5.92. The average molecular weight is 542 g/mol. The van der Waals surface area contributed by atoms with Crippen molar-refractivity contribution in [3.63, 3.8) is 0 Å². The summed E-state index contributed by atoms with van der Waals surface area (Å²) >= 11 is 0. The van der Waals surface area contributed by atoms with Crippen LogP contribution in [-0.2, 0) is 20.9 Å². The first-order valence-corrected chi connectivity index (χ1v) is 13.6. The van der Waals surface area contributed by atoms with Crippen molar-refractivity contribution < 1.29 is 29.3 Å². The normalized spacial score (nSPS) is 12.7. The summed E-state index contributed by atoms with van der Waals surface area (Å²) in [7, 11) is 0. The van der Waals surface area contributed by atoms with Crippen LogP contribution in [0.15, 0.2) is 54.6 Å². The maximum atomic E-state index is 13.8. The average Bonchev–Trinajstić information content (AvgIpc) is 2.89. The Bertz CT molecular complexity index is 1050. The number of aliphatic hydroxyl groups excluding tert-OH is 1. The molecule has 0 saturated heterocycles. The SMILES string of the molecule is CCCCCCCN(C(=O)C(CO)NC(=O)OC(C)(C)C)C(C(=O)NCc1ccccc1)c1cccc(O)c1. The Hall–Kier alpha value is -3.59. The fourth-order valence-corrected chi connectivity index (χ4v) is 4.14. The van der Waals surface area contributed by atoms with Gasteiger partial charge in [-0.2, -0.15) is 0 Å². The number of amides is 3. The molecule has 0 aliphatic heterocycles. The van der Waals surface area contributed by atoms with Crippen molar-refractivity contribution in [1.29, 1.82) is 0 Å². The number of ether oxygens (including phenoxy) is 1. The van der Waals surface area contributed by atoms with Gasteiger partial charge in [0.15, 0.2) is 0 Å². The van der Waals surface area contributed by atoms with Gasteiger partial charge in [-0.15, -0.1) is 0 Å². The second-order valence-electron chi connectivity index (χ2n) is 10.5. The Morgan fingerprint density at radius 3 is 2.28 bits per heavy atom. The lowest BCUT2D eigenvalue weighted by Crippen LogP contribution is -2.54. The van der Waals surface area contributed by atoms with Gasteiger partial charge in [-0.1, -0.05) is 75.1 Å². The zero-order chi connectivity index (χ0) is 28.8. The largest absolute Gasteiger partial charge is 0.508 e. The number of phenols is 1. The smallest absolute Gasteiger partial charge is 0.408 e. The predicted octanol–water partition coefficient (Wildman–Crippen LogP) is 4.43. The monoisotopic (exact) mass is 541 g/mol. The summed E-state index contributed by atoms with van der Waals surface area (Å²) in [5.41, 5.74) is 0.502. The summed E-state index contributed by atoms with van der Waals surface area (Å²) in [4.78, 5) is 41.3. The lowest BCUT2D eigenvalue weighted by molar-refractivity contribution is -0.143. The molecule has 2 rings (SSSR count). The first kappa shape index (κ1) is 31.6. The summed E-state index contributed by atoms with van der Waals surface area (Å²) < 4.78 is 5.28. The fourth-order valence-electron chi connectivity index (χ4n) is 4.14. The second-order valence-corrected chi connectivity index (χ2v) is 10.5. The zero-order valence-electron chi connectivity index (χ0n) is 23.5. The molecule has 0 aliphatic carbocycles. The quantitative estimate of drug-likeness (QED) is 0.262. The molecule has 0 fully saturated rings. The molecule has 2 aromatic rings. The third kappa shape index (κ3) is 11.0. The molecule has 2 aromatic carbocycles. The van der Waals surface area contributed by atoms with Gasteiger partial charge in [0.2, 0.25) is 11.8 Å². The number of benzene rings is 2. The van der Waals surface area contributed by atoms with Gasteiger partial charge in [-0.3, -0.25) is 9.59 Å². The van der Waals surface area contributed by atoms with Crippen LogP contribution in [0.4, 0.5) is 4.79 Å². The van der Waals surface area contributed by atoms with E-state index in [1.807, 2.05) is 30.3 Å². The van der Waals surface area contributed by atoms with Gasteiger partial charge in [0, 0.05) is 13.1 Å². The lowest BCUT2D eigenvalue weighted by atomic mass is 10.0. The van der Waals surface area contributed by atoms with Crippen LogP contribution in [-0.4, -0.2) is 57.8 Å². The summed E-state index contributed by atoms with van der Waals surface area (Å²) in [6.45, 7) is 6.98. The molecular formula is C30H43N3O6. The number of unbranched alkanes of at least 4 members (excludes halogenated alkanes) is 4. The van der Waals surface area contributed by atoms with Crippen LogP contribution < -0.4 is 10.6 Å². The molecule has 39 heavy (non-hydrogen) atoms. The first-order chi connectivity index (χ1) is 18.6. The molecule has 0 spiro atoms. The van der Waals surface area contributed by atoms with Crippen LogP contribution in [0.1, 0.15) is 77.0 Å². The van der Waals surface area contributed by atoms with Gasteiger partial charge >= 0.3 is 6.09 Å². The number of hydrogen-bond donors (Lipinski definition) is 4. The molecule has 214 valence electrons. The van der Waals surface area contributed by atoms with Gasteiger partial charge in [-0.05, 0) is 50.5 Å². The van der Waals surface area contributed by atoms with E-state index in [0.29, 0.717) is 12.0 Å². The number of nitrogens with zero attached hydrogens (tertiary/aromatic N) is 1. The Balaban J connectivity index is 2.39. The molecule has 4 N–H and O–H groups in total. The predicted molar refractivity (Wildman–Crippen MR) is 150 cm³/mol. The zero-order valence-corrected chi connectivity index (χ0v) is 23.5. The van der Waals surface area contributed by atoms with Gasteiger partial charge in [-0.25, -0.2) is 4.79 Å². The minimum atomic E-state index is -1.32. The molecule has 0 aromatic heterocycles. The van der Waals surface area contributed by atoms with E-state index in [1.165, 1.54) is 17.0 Å². The molecule has 2 unspecified atom stereocenters. The van der Waals surface area contributed by atoms with Crippen molar-refractivity contribution in [3.8, 4) is 5.75 Å². The number of rotatable bonds is 14. The van der Waals surface area contributed by atoms with Crippen molar-refractivity contribution >= 4 is 17.9 Å². The van der Waals surface area contributed by atoms with E-state index in [1.54, 1.807) is 32.9 Å². The highest BCUT2D eigenvalue weighted by Crippen LogP contribution is 2.26. The summed E-state index contributed by atoms with van der Waals surface area (Å²) in [5, 5.41) is 25.6. The highest BCUT2D eigenvalue weighted by atomic mass is 16.6. The number of nitrogens with one attached hydrogen (secondary N) is 2. The van der Waals surface area contributed by atoms with Crippen molar-refractivity contribution in [3.05, 3.63) is 65.7 Å². The van der Waals surface area contributed by atoms with Crippen molar-refractivity contribution in [2.24, 2.45) is 0 Å². The van der Waals surface area contributed by atoms with Crippen LogP contribution in [0.2, 0.25) is 0 Å². The molecule has 0 bridgehead atoms. The third-order valence-electron chi connectivity index (χ3n) is 6.01. The Kier molecular flexibility index (Phi) is 12.8. The van der Waals surface area contributed by atoms with Crippen LogP contribution >= 0.6 is 0 Å². The lowest BCUT2D eigenvalue weighted by Gasteiger charge is -2.34. The Morgan fingerprint density at radius 2 is 1.67 bits per heavy atom. The van der Waals surface area contributed by atoms with Crippen molar-refractivity contribution in [2.45, 2.75) is 84.0 Å². The number of carbonyl (C=O) groups excluding carboxylic acids is 3. The van der Waals surface area contributed by atoms with Crippen LogP contribution in [0.5, 0.6) is 5.75 Å². The van der Waals surface area contributed by atoms with Crippen molar-refractivity contribution in [2.75, 3.05) is 13.2 Å². The second kappa shape index (κ2) is 15.7. The molecule has 0 aliphatic rings. The molecule has 9 nitrogen and oxygen atoms in total. The van der Waals surface area contributed by atoms with E-state index in [0.717, 1.165) is 31.2 Å². The minimum absolute atomic E-state index is 0.0470. The Morgan fingerprint density at radius 1 is 0.974 bits per heavy atom. The van der Waals surface area contributed by atoms with Crippen LogP contribution in [0, 0.1) is 0 Å². The molecular weight excluding hydrogens is 498 g/mol. The van der Waals surface area contributed by atoms with Crippen LogP contribution in [0.25, 0.3) is 0 Å². The van der Waals surface area contributed by atoms with Crippen molar-refractivity contribution in [1.82, 2.24) is 15.5 Å². The number of hydrogen-bond acceptors (Lipinski definition) is 6. The molecule has 0 saturated carbocycles. The third-order valence-corrected chi connectivity index (χ3v) is 6.01. The van der Waals surface area contributed by atoms with E-state index in [4.69, 9.17) is 4.74 Å². The standard InChI is InChI=1S/C30H43N3O6/c1-5-6-7-8-12-18-33(28(37)25(21-34)32-29(38)39-30(2,3)4)26(23-16-13-17-24(35)19-23)27(36)31-20-22-14-10-9-11-15-22/h9-11,13-17,19,25-26,34-35H,5-8,12,18,20-21H2,1-4H3,(H,31,36)(H,32,38). The van der Waals surface area contributed by atoms with Gasteiger partial charge in [0.1, 0.15) is 23.4 Å². The van der Waals surface area contributed by atoms with Crippen LogP contribution in [0.3, 0.4) is 0 Å². The molecule has 0 heterocycles. The number of phenolic OH excluding ortho intramolecular Hbond substituents is 1. The number of carbonyl (C=O) groups is 3. The maximum absolute atomic E-state index is 13.8. The van der Waals surface area contributed by atoms with E-state index in [-0.39, 0.29) is 18.8 Å². The highest BCUT2D eigenvalue weighted by Gasteiger charge is 2.36. The fraction of sp³-hybridized carbons (Fsp3) is 0.500. The molecule has 0 radical (unpaired) electrons. The summed E-state index contributed by atoms with van der Waals surface area (Å²) in [6.07, 6.45) is 3.72. The van der Waals surface area contributed by atoms with Gasteiger partial charge in [0.25, 0.3) is 0 Å². The number of alkyl carbamates (subject to hydrolysis) is 1. The number of aliphatic hydroxyl groups is 1. The molecule has 3 amide bonds. The maximum Gasteiger partial charge on any atom is 0.408 e. The summed E-state index contributed by atoms with van der Waals surface area (Å²) in [5.74, 6) is -1.11. The van der Waals surface area contributed by atoms with E-state index in [2.05, 4.69) is 17.6 Å². The van der Waals surface area contributed by atoms with Gasteiger partial charge < -0.3 is 30.5 Å². The summed E-state index contributed by atoms with van der Waals surface area (Å²) in [6, 6.07) is 13.2. The Labute approximate surface area is 231 Å². The number of aromatic hydroxyl groups is 1. The van der Waals surface area contributed by atoms with E-state index >= 15 is 0 Å². The van der Waals surface area contributed by atoms with E-state index in [9.17, 15) is 24.6 Å². The first-order valence-electron chi connectivity index (χ1n) is 13.6. The molecule has 2 atom stereocenters. The topological polar surface area (TPSA) is 128 Å². The van der Waals surface area contributed by atoms with E-state index < -0.39 is 42.2 Å².